The molecule has 0 aliphatic carbocycles. The van der Waals surface area contributed by atoms with Gasteiger partial charge in [-0.2, -0.15) is 0 Å². The molecule has 2 N–H and O–H groups in total. The summed E-state index contributed by atoms with van der Waals surface area (Å²) in [4.78, 5) is 0. The second-order valence-corrected chi connectivity index (χ2v) is 8.49. The van der Waals surface area contributed by atoms with Crippen molar-refractivity contribution in [1.29, 1.82) is 0 Å². The topological polar surface area (TPSA) is 24.1 Å². The number of benzene rings is 6. The minimum Gasteiger partial charge on any atom is -0.356 e. The third-order valence-corrected chi connectivity index (χ3v) is 5.87. The van der Waals surface area contributed by atoms with Crippen LogP contribution in [0.2, 0.25) is 0 Å². The van der Waals surface area contributed by atoms with Gasteiger partial charge in [0.25, 0.3) is 0 Å². The molecule has 0 fully saturated rings. The van der Waals surface area contributed by atoms with Crippen LogP contribution in [0.1, 0.15) is 0 Å². The molecule has 0 amide bonds. The molecule has 6 rings (SSSR count). The fourth-order valence-corrected chi connectivity index (χ4v) is 4.02. The van der Waals surface area contributed by atoms with Crippen LogP contribution in [-0.2, 0) is 0 Å². The molecule has 2 heteroatoms. The molecule has 0 aliphatic heterocycles. The van der Waals surface area contributed by atoms with Crippen molar-refractivity contribution in [3.8, 4) is 11.1 Å². The summed E-state index contributed by atoms with van der Waals surface area (Å²) in [5, 5.41) is 9.31. The maximum Gasteiger partial charge on any atom is 0.0390 e. The van der Waals surface area contributed by atoms with Gasteiger partial charge in [0.15, 0.2) is 0 Å². The van der Waals surface area contributed by atoms with Crippen molar-refractivity contribution in [3.63, 3.8) is 0 Å². The van der Waals surface area contributed by atoms with Crippen LogP contribution in [0.3, 0.4) is 0 Å². The van der Waals surface area contributed by atoms with Crippen LogP contribution in [0.25, 0.3) is 21.9 Å². The molecule has 0 unspecified atom stereocenters. The Hall–Kier alpha value is -4.82. The lowest BCUT2D eigenvalue weighted by Crippen LogP contribution is -1.89. The summed E-state index contributed by atoms with van der Waals surface area (Å²) in [6.45, 7) is 0. The van der Waals surface area contributed by atoms with Crippen LogP contribution in [0.5, 0.6) is 0 Å². The highest BCUT2D eigenvalue weighted by Crippen LogP contribution is 2.23. The molecule has 6 aromatic rings. The van der Waals surface area contributed by atoms with E-state index >= 15 is 0 Å². The first kappa shape index (κ1) is 22.9. The van der Waals surface area contributed by atoms with E-state index in [9.17, 15) is 0 Å². The largest absolute Gasteiger partial charge is 0.356 e. The van der Waals surface area contributed by atoms with Crippen LogP contribution >= 0.6 is 0 Å². The highest BCUT2D eigenvalue weighted by molar-refractivity contribution is 5.86. The monoisotopic (exact) mass is 464 g/mol. The average Bonchev–Trinajstić information content (AvgIpc) is 2.95. The standard InChI is InChI=1S/C18H15N.C16H13N/c1-3-7-15(8-4-1)16-11-13-18(14-12-16)19-17-9-5-2-6-10-17;1-2-8-15(9-3-1)17-16-11-10-13-6-4-5-7-14(13)12-16/h1-14,19H;1-12,17H. The van der Waals surface area contributed by atoms with Gasteiger partial charge in [-0.1, -0.05) is 109 Å². The quantitative estimate of drug-likeness (QED) is 0.265. The predicted octanol–water partition coefficient (Wildman–Crippen LogP) is 9.68. The number of rotatable bonds is 5. The number of nitrogens with one attached hydrogen (secondary N) is 2. The molecule has 0 heterocycles. The molecule has 36 heavy (non-hydrogen) atoms. The molecule has 0 saturated heterocycles. The zero-order valence-corrected chi connectivity index (χ0v) is 20.0. The van der Waals surface area contributed by atoms with Crippen molar-refractivity contribution in [2.24, 2.45) is 0 Å². The van der Waals surface area contributed by atoms with Crippen molar-refractivity contribution >= 4 is 33.5 Å². The predicted molar refractivity (Wildman–Crippen MR) is 155 cm³/mol. The summed E-state index contributed by atoms with van der Waals surface area (Å²) >= 11 is 0. The second kappa shape index (κ2) is 11.5. The highest BCUT2D eigenvalue weighted by Gasteiger charge is 1.98. The smallest absolute Gasteiger partial charge is 0.0390 e. The van der Waals surface area contributed by atoms with E-state index in [1.807, 2.05) is 42.5 Å². The van der Waals surface area contributed by atoms with Crippen LogP contribution in [-0.4, -0.2) is 0 Å². The van der Waals surface area contributed by atoms with Gasteiger partial charge in [-0.05, 0) is 70.4 Å². The Kier molecular flexibility index (Phi) is 7.36. The van der Waals surface area contributed by atoms with Gasteiger partial charge >= 0.3 is 0 Å². The molecule has 174 valence electrons. The van der Waals surface area contributed by atoms with Gasteiger partial charge in [-0.25, -0.2) is 0 Å². The summed E-state index contributed by atoms with van der Waals surface area (Å²) < 4.78 is 0. The Bertz CT molecular complexity index is 1490. The van der Waals surface area contributed by atoms with Gasteiger partial charge in [-0.15, -0.1) is 0 Å². The molecule has 0 aliphatic rings. The van der Waals surface area contributed by atoms with Gasteiger partial charge in [0, 0.05) is 22.7 Å². The van der Waals surface area contributed by atoms with Crippen molar-refractivity contribution in [1.82, 2.24) is 0 Å². The summed E-state index contributed by atoms with van der Waals surface area (Å²) in [6, 6.07) is 54.1. The molecular formula is C34H28N2. The zero-order valence-electron chi connectivity index (χ0n) is 20.0. The minimum atomic E-state index is 1.10. The molecule has 6 aromatic carbocycles. The number of hydrogen-bond donors (Lipinski definition) is 2. The fraction of sp³-hybridized carbons (Fsp3) is 0. The SMILES string of the molecule is c1ccc(Nc2ccc(-c3ccccc3)cc2)cc1.c1ccc(Nc2ccc3ccccc3c2)cc1. The van der Waals surface area contributed by atoms with Crippen molar-refractivity contribution in [3.05, 3.63) is 158 Å². The lowest BCUT2D eigenvalue weighted by Gasteiger charge is -2.07. The normalized spacial score (nSPS) is 10.2. The lowest BCUT2D eigenvalue weighted by molar-refractivity contribution is 1.54. The molecule has 0 bridgehead atoms. The average molecular weight is 465 g/mol. The van der Waals surface area contributed by atoms with Crippen molar-refractivity contribution in [2.45, 2.75) is 0 Å². The molecule has 0 radical (unpaired) electrons. The van der Waals surface area contributed by atoms with Gasteiger partial charge in [0.2, 0.25) is 0 Å². The van der Waals surface area contributed by atoms with Gasteiger partial charge in [-0.3, -0.25) is 0 Å². The Morgan fingerprint density at radius 2 is 0.694 bits per heavy atom. The Morgan fingerprint density at radius 3 is 1.31 bits per heavy atom. The van der Waals surface area contributed by atoms with Crippen LogP contribution in [0.15, 0.2) is 158 Å². The van der Waals surface area contributed by atoms with E-state index in [1.165, 1.54) is 21.9 Å². The van der Waals surface area contributed by atoms with E-state index in [-0.39, 0.29) is 0 Å². The van der Waals surface area contributed by atoms with Crippen LogP contribution in [0.4, 0.5) is 22.7 Å². The van der Waals surface area contributed by atoms with E-state index in [0.29, 0.717) is 0 Å². The molecule has 2 nitrogen and oxygen atoms in total. The van der Waals surface area contributed by atoms with E-state index in [0.717, 1.165) is 22.7 Å². The number of para-hydroxylation sites is 2. The first-order chi connectivity index (χ1) is 17.8. The molecule has 0 spiro atoms. The third kappa shape index (κ3) is 6.19. The van der Waals surface area contributed by atoms with Crippen LogP contribution < -0.4 is 10.6 Å². The molecule has 0 aromatic heterocycles. The minimum absolute atomic E-state index is 1.10. The maximum absolute atomic E-state index is 3.40. The van der Waals surface area contributed by atoms with Crippen molar-refractivity contribution in [2.75, 3.05) is 10.6 Å². The number of anilines is 4. The molecule has 0 saturated carbocycles. The first-order valence-corrected chi connectivity index (χ1v) is 12.1. The summed E-state index contributed by atoms with van der Waals surface area (Å²) in [5.74, 6) is 0. The van der Waals surface area contributed by atoms with Gasteiger partial charge in [0.05, 0.1) is 0 Å². The maximum atomic E-state index is 3.40. The summed E-state index contributed by atoms with van der Waals surface area (Å²) in [5.41, 5.74) is 6.92. The summed E-state index contributed by atoms with van der Waals surface area (Å²) in [6.07, 6.45) is 0. The van der Waals surface area contributed by atoms with E-state index < -0.39 is 0 Å². The molecular weight excluding hydrogens is 436 g/mol. The second-order valence-electron chi connectivity index (χ2n) is 8.49. The fourth-order valence-electron chi connectivity index (χ4n) is 4.02. The van der Waals surface area contributed by atoms with Crippen LogP contribution in [0, 0.1) is 0 Å². The molecule has 0 atom stereocenters. The van der Waals surface area contributed by atoms with Gasteiger partial charge in [0.1, 0.15) is 0 Å². The van der Waals surface area contributed by atoms with Gasteiger partial charge < -0.3 is 10.6 Å². The van der Waals surface area contributed by atoms with E-state index in [1.54, 1.807) is 0 Å². The van der Waals surface area contributed by atoms with E-state index in [2.05, 4.69) is 126 Å². The summed E-state index contributed by atoms with van der Waals surface area (Å²) in [7, 11) is 0. The Labute approximate surface area is 212 Å². The third-order valence-electron chi connectivity index (χ3n) is 5.87. The Balaban J connectivity index is 0.000000149. The highest BCUT2D eigenvalue weighted by atomic mass is 14.9. The number of fused-ring (bicyclic) bond motifs is 1. The Morgan fingerprint density at radius 1 is 0.278 bits per heavy atom. The zero-order chi connectivity index (χ0) is 24.4. The van der Waals surface area contributed by atoms with Crippen molar-refractivity contribution < 1.29 is 0 Å². The first-order valence-electron chi connectivity index (χ1n) is 12.1. The lowest BCUT2D eigenvalue weighted by atomic mass is 10.1. The number of hydrogen-bond acceptors (Lipinski definition) is 2. The van der Waals surface area contributed by atoms with E-state index in [4.69, 9.17) is 0 Å².